The summed E-state index contributed by atoms with van der Waals surface area (Å²) in [6, 6.07) is 5.49. The molecule has 2 heterocycles. The maximum Gasteiger partial charge on any atom is 0.253 e. The number of methoxy groups -OCH3 is 1. The van der Waals surface area contributed by atoms with Gasteiger partial charge < -0.3 is 10.1 Å². The first-order chi connectivity index (χ1) is 13.5. The summed E-state index contributed by atoms with van der Waals surface area (Å²) >= 11 is 0. The molecule has 0 radical (unpaired) electrons. The fraction of sp³-hybridized carbons (Fsp3) is 0.500. The Hall–Kier alpha value is -2.50. The van der Waals surface area contributed by atoms with E-state index in [1.165, 1.54) is 0 Å². The molecule has 1 N–H and O–H groups in total. The number of halogens is 1. The predicted octanol–water partition coefficient (Wildman–Crippen LogP) is 4.42. The number of carbonyl (C=O) groups is 1. The minimum atomic E-state index is -0.369. The summed E-state index contributed by atoms with van der Waals surface area (Å²) in [6.07, 6.45) is 8.03. The van der Waals surface area contributed by atoms with Gasteiger partial charge in [-0.1, -0.05) is 6.92 Å². The Morgan fingerprint density at radius 1 is 1.25 bits per heavy atom. The Labute approximate surface area is 165 Å². The summed E-state index contributed by atoms with van der Waals surface area (Å²) in [4.78, 5) is 20.4. The van der Waals surface area contributed by atoms with E-state index < -0.39 is 0 Å². The van der Waals surface area contributed by atoms with Crippen LogP contribution < -0.4 is 10.1 Å². The molecule has 2 aromatic rings. The molecule has 1 aliphatic rings. The molecule has 150 valence electrons. The second kappa shape index (κ2) is 9.13. The van der Waals surface area contributed by atoms with Crippen LogP contribution in [0, 0.1) is 18.8 Å². The highest BCUT2D eigenvalue weighted by atomic mass is 19.1. The van der Waals surface area contributed by atoms with E-state index in [2.05, 4.69) is 22.2 Å². The molecule has 28 heavy (non-hydrogen) atoms. The van der Waals surface area contributed by atoms with Gasteiger partial charge >= 0.3 is 0 Å². The molecular formula is C22H28FN3O2. The van der Waals surface area contributed by atoms with E-state index in [-0.39, 0.29) is 17.9 Å². The van der Waals surface area contributed by atoms with Gasteiger partial charge in [0.2, 0.25) is 11.8 Å². The zero-order valence-corrected chi connectivity index (χ0v) is 16.7. The molecule has 3 rings (SSSR count). The summed E-state index contributed by atoms with van der Waals surface area (Å²) in [5, 5.41) is 3.18. The van der Waals surface area contributed by atoms with Gasteiger partial charge in [-0.2, -0.15) is 4.39 Å². The second-order valence-electron chi connectivity index (χ2n) is 7.51. The molecule has 1 unspecified atom stereocenters. The molecule has 0 aliphatic heterocycles. The molecule has 1 atom stereocenters. The molecule has 2 aromatic heterocycles. The molecule has 0 saturated heterocycles. The largest absolute Gasteiger partial charge is 0.481 e. The summed E-state index contributed by atoms with van der Waals surface area (Å²) in [7, 11) is 1.55. The molecule has 0 bridgehead atoms. The van der Waals surface area contributed by atoms with Crippen LogP contribution in [0.1, 0.15) is 66.4 Å². The Bertz CT molecular complexity index is 802. The van der Waals surface area contributed by atoms with Crippen LogP contribution in [0.25, 0.3) is 0 Å². The molecule has 1 fully saturated rings. The molecule has 0 spiro atoms. The first-order valence-corrected chi connectivity index (χ1v) is 9.95. The number of hydrogen-bond donors (Lipinski definition) is 1. The van der Waals surface area contributed by atoms with Gasteiger partial charge in [0.1, 0.15) is 0 Å². The van der Waals surface area contributed by atoms with E-state index >= 15 is 0 Å². The number of carbonyl (C=O) groups excluding carboxylic acids is 1. The fourth-order valence-corrected chi connectivity index (χ4v) is 4.24. The van der Waals surface area contributed by atoms with Crippen LogP contribution in [0.2, 0.25) is 0 Å². The number of pyridine rings is 2. The van der Waals surface area contributed by atoms with E-state index in [9.17, 15) is 9.18 Å². The van der Waals surface area contributed by atoms with Crippen LogP contribution >= 0.6 is 0 Å². The van der Waals surface area contributed by atoms with Crippen molar-refractivity contribution in [2.45, 2.75) is 57.9 Å². The highest BCUT2D eigenvalue weighted by molar-refractivity contribution is 5.94. The summed E-state index contributed by atoms with van der Waals surface area (Å²) < 4.78 is 18.8. The lowest BCUT2D eigenvalue weighted by Gasteiger charge is -2.34. The van der Waals surface area contributed by atoms with Crippen molar-refractivity contribution in [3.63, 3.8) is 0 Å². The third kappa shape index (κ3) is 4.49. The van der Waals surface area contributed by atoms with Gasteiger partial charge in [-0.25, -0.2) is 9.97 Å². The average molecular weight is 385 g/mol. The lowest BCUT2D eigenvalue weighted by atomic mass is 9.75. The van der Waals surface area contributed by atoms with Crippen molar-refractivity contribution in [1.29, 1.82) is 0 Å². The molecule has 1 aliphatic carbocycles. The first kappa shape index (κ1) is 20.2. The Balaban J connectivity index is 1.60. The number of aromatic nitrogens is 2. The number of nitrogens with one attached hydrogen (secondary N) is 1. The van der Waals surface area contributed by atoms with Crippen LogP contribution in [0.3, 0.4) is 0 Å². The second-order valence-corrected chi connectivity index (χ2v) is 7.51. The van der Waals surface area contributed by atoms with E-state index in [1.54, 1.807) is 31.6 Å². The predicted molar refractivity (Wildman–Crippen MR) is 106 cm³/mol. The summed E-state index contributed by atoms with van der Waals surface area (Å²) in [5.74, 6) is 0.823. The van der Waals surface area contributed by atoms with Gasteiger partial charge in [0.15, 0.2) is 0 Å². The van der Waals surface area contributed by atoms with Crippen LogP contribution in [0.15, 0.2) is 30.6 Å². The van der Waals surface area contributed by atoms with Crippen molar-refractivity contribution in [2.24, 2.45) is 5.92 Å². The lowest BCUT2D eigenvalue weighted by Crippen LogP contribution is -2.41. The molecule has 1 amide bonds. The SMILES string of the molecule is CCC(NC(=O)c1ccc(OC)nc1)[C@H]1CC[C@@H](c2ccnc(F)c2C)CC1. The smallest absolute Gasteiger partial charge is 0.253 e. The third-order valence-electron chi connectivity index (χ3n) is 5.93. The molecule has 0 aromatic carbocycles. The number of nitrogens with zero attached hydrogens (tertiary/aromatic N) is 2. The van der Waals surface area contributed by atoms with Gasteiger partial charge in [0.25, 0.3) is 5.91 Å². The minimum Gasteiger partial charge on any atom is -0.481 e. The monoisotopic (exact) mass is 385 g/mol. The van der Waals surface area contributed by atoms with Gasteiger partial charge in [-0.3, -0.25) is 4.79 Å². The number of rotatable bonds is 6. The minimum absolute atomic E-state index is 0.101. The lowest BCUT2D eigenvalue weighted by molar-refractivity contribution is 0.0909. The average Bonchev–Trinajstić information content (AvgIpc) is 2.74. The number of hydrogen-bond acceptors (Lipinski definition) is 4. The zero-order valence-electron chi connectivity index (χ0n) is 16.7. The van der Waals surface area contributed by atoms with Gasteiger partial charge in [0.05, 0.1) is 12.7 Å². The first-order valence-electron chi connectivity index (χ1n) is 9.95. The van der Waals surface area contributed by atoms with E-state index in [0.29, 0.717) is 28.8 Å². The normalized spacial score (nSPS) is 20.4. The van der Waals surface area contributed by atoms with Crippen LogP contribution in [0.5, 0.6) is 5.88 Å². The fourth-order valence-electron chi connectivity index (χ4n) is 4.24. The maximum atomic E-state index is 13.8. The third-order valence-corrected chi connectivity index (χ3v) is 5.93. The summed E-state index contributed by atoms with van der Waals surface area (Å²) in [6.45, 7) is 3.91. The Morgan fingerprint density at radius 2 is 2.00 bits per heavy atom. The number of amides is 1. The van der Waals surface area contributed by atoms with Crippen LogP contribution in [0.4, 0.5) is 4.39 Å². The van der Waals surface area contributed by atoms with Crippen molar-refractivity contribution in [2.75, 3.05) is 7.11 Å². The topological polar surface area (TPSA) is 64.1 Å². The van der Waals surface area contributed by atoms with E-state index in [1.807, 2.05) is 13.0 Å². The van der Waals surface area contributed by atoms with Crippen LogP contribution in [-0.4, -0.2) is 29.0 Å². The highest BCUT2D eigenvalue weighted by Gasteiger charge is 2.29. The Morgan fingerprint density at radius 3 is 2.61 bits per heavy atom. The molecule has 5 nitrogen and oxygen atoms in total. The van der Waals surface area contributed by atoms with Crippen molar-refractivity contribution in [3.05, 3.63) is 53.2 Å². The van der Waals surface area contributed by atoms with Crippen molar-refractivity contribution < 1.29 is 13.9 Å². The standard InChI is InChI=1S/C22H28FN3O2/c1-4-19(26-22(27)17-9-10-20(28-3)25-13-17)16-7-5-15(6-8-16)18-11-12-24-21(23)14(18)2/h9-13,15-16,19H,4-8H2,1-3H3,(H,26,27)/t15-,16+,19?. The molecular weight excluding hydrogens is 357 g/mol. The van der Waals surface area contributed by atoms with Gasteiger partial charge in [-0.15, -0.1) is 0 Å². The zero-order chi connectivity index (χ0) is 20.1. The van der Waals surface area contributed by atoms with Crippen LogP contribution in [-0.2, 0) is 0 Å². The van der Waals surface area contributed by atoms with Crippen molar-refractivity contribution >= 4 is 5.91 Å². The molecule has 6 heteroatoms. The highest BCUT2D eigenvalue weighted by Crippen LogP contribution is 2.38. The molecule has 1 saturated carbocycles. The van der Waals surface area contributed by atoms with Crippen molar-refractivity contribution in [3.8, 4) is 5.88 Å². The van der Waals surface area contributed by atoms with E-state index in [4.69, 9.17) is 4.74 Å². The summed E-state index contributed by atoms with van der Waals surface area (Å²) in [5.41, 5.74) is 2.28. The van der Waals surface area contributed by atoms with Gasteiger partial charge in [-0.05, 0) is 68.6 Å². The maximum absolute atomic E-state index is 13.8. The van der Waals surface area contributed by atoms with Crippen molar-refractivity contribution in [1.82, 2.24) is 15.3 Å². The van der Waals surface area contributed by atoms with E-state index in [0.717, 1.165) is 37.7 Å². The number of ether oxygens (including phenoxy) is 1. The Kier molecular flexibility index (Phi) is 6.60. The van der Waals surface area contributed by atoms with Gasteiger partial charge in [0, 0.05) is 30.1 Å². The quantitative estimate of drug-likeness (QED) is 0.748.